The molecule has 0 fully saturated rings. The summed E-state index contributed by atoms with van der Waals surface area (Å²) in [5.74, 6) is -0.139. The quantitative estimate of drug-likeness (QED) is 0.538. The highest BCUT2D eigenvalue weighted by molar-refractivity contribution is 7.92. The fourth-order valence-corrected chi connectivity index (χ4v) is 4.24. The highest BCUT2D eigenvalue weighted by atomic mass is 35.5. The Morgan fingerprint density at radius 3 is 2.38 bits per heavy atom. The molecule has 0 saturated carbocycles. The van der Waals surface area contributed by atoms with Gasteiger partial charge in [-0.25, -0.2) is 8.42 Å². The number of halogens is 1. The summed E-state index contributed by atoms with van der Waals surface area (Å²) in [6.07, 6.45) is 0.291. The Bertz CT molecular complexity index is 1100. The maximum atomic E-state index is 12.7. The van der Waals surface area contributed by atoms with E-state index in [4.69, 9.17) is 11.6 Å². The van der Waals surface area contributed by atoms with E-state index in [0.717, 1.165) is 5.56 Å². The van der Waals surface area contributed by atoms with Crippen molar-refractivity contribution in [2.45, 2.75) is 24.2 Å². The Labute approximate surface area is 175 Å². The van der Waals surface area contributed by atoms with Crippen LogP contribution in [-0.4, -0.2) is 14.3 Å². The summed E-state index contributed by atoms with van der Waals surface area (Å²) in [6.45, 7) is 1.98. The highest BCUT2D eigenvalue weighted by Crippen LogP contribution is 2.25. The van der Waals surface area contributed by atoms with Gasteiger partial charge in [-0.1, -0.05) is 67.1 Å². The van der Waals surface area contributed by atoms with Crippen LogP contribution >= 0.6 is 11.6 Å². The third-order valence-corrected chi connectivity index (χ3v) is 6.10. The van der Waals surface area contributed by atoms with Crippen LogP contribution < -0.4 is 10.0 Å². The van der Waals surface area contributed by atoms with Crippen LogP contribution in [0.25, 0.3) is 0 Å². The number of benzene rings is 3. The first-order valence-electron chi connectivity index (χ1n) is 9.07. The van der Waals surface area contributed by atoms with Gasteiger partial charge in [-0.15, -0.1) is 0 Å². The van der Waals surface area contributed by atoms with Crippen molar-refractivity contribution in [2.75, 3.05) is 10.0 Å². The van der Waals surface area contributed by atoms with Gasteiger partial charge in [-0.05, 0) is 41.8 Å². The SMILES string of the molecule is CC(CC(=O)Nc1cccc(S(=O)(=O)Nc2ccccc2Cl)c1)c1ccccc1. The molecule has 0 heterocycles. The highest BCUT2D eigenvalue weighted by Gasteiger charge is 2.17. The molecule has 3 rings (SSSR count). The summed E-state index contributed by atoms with van der Waals surface area (Å²) >= 11 is 6.03. The first-order valence-corrected chi connectivity index (χ1v) is 10.9. The molecular weight excluding hydrogens is 408 g/mol. The van der Waals surface area contributed by atoms with Gasteiger partial charge in [0.05, 0.1) is 15.6 Å². The van der Waals surface area contributed by atoms with Crippen LogP contribution in [0.15, 0.2) is 83.8 Å². The van der Waals surface area contributed by atoms with Gasteiger partial charge in [0.2, 0.25) is 5.91 Å². The average Bonchev–Trinajstić information content (AvgIpc) is 2.70. The van der Waals surface area contributed by atoms with Gasteiger partial charge in [0.1, 0.15) is 0 Å². The standard InChI is InChI=1S/C22H21ClN2O3S/c1-16(17-8-3-2-4-9-17)14-22(26)24-18-10-7-11-19(15-18)29(27,28)25-21-13-6-5-12-20(21)23/h2-13,15-16,25H,14H2,1H3,(H,24,26). The third-order valence-electron chi connectivity index (χ3n) is 4.41. The number of sulfonamides is 1. The van der Waals surface area contributed by atoms with Crippen molar-refractivity contribution in [2.24, 2.45) is 0 Å². The van der Waals surface area contributed by atoms with Crippen molar-refractivity contribution in [3.05, 3.63) is 89.4 Å². The lowest BCUT2D eigenvalue weighted by Gasteiger charge is -2.13. The molecule has 150 valence electrons. The van der Waals surface area contributed by atoms with E-state index in [-0.39, 0.29) is 16.7 Å². The van der Waals surface area contributed by atoms with E-state index in [1.807, 2.05) is 37.3 Å². The minimum absolute atomic E-state index is 0.0336. The van der Waals surface area contributed by atoms with Gasteiger partial charge in [-0.2, -0.15) is 0 Å². The monoisotopic (exact) mass is 428 g/mol. The Morgan fingerprint density at radius 1 is 0.966 bits per heavy atom. The summed E-state index contributed by atoms with van der Waals surface area (Å²) in [4.78, 5) is 12.4. The molecule has 0 spiro atoms. The van der Waals surface area contributed by atoms with Gasteiger partial charge >= 0.3 is 0 Å². The van der Waals surface area contributed by atoms with Crippen molar-refractivity contribution in [1.29, 1.82) is 0 Å². The minimum Gasteiger partial charge on any atom is -0.326 e. The zero-order chi connectivity index (χ0) is 20.9. The number of amides is 1. The molecule has 0 aliphatic rings. The largest absolute Gasteiger partial charge is 0.326 e. The van der Waals surface area contributed by atoms with Crippen molar-refractivity contribution >= 4 is 38.9 Å². The lowest BCUT2D eigenvalue weighted by Crippen LogP contribution is -2.16. The first-order chi connectivity index (χ1) is 13.8. The topological polar surface area (TPSA) is 75.3 Å². The minimum atomic E-state index is -3.85. The number of anilines is 2. The Kier molecular flexibility index (Phi) is 6.56. The van der Waals surface area contributed by atoms with Crippen molar-refractivity contribution < 1.29 is 13.2 Å². The summed E-state index contributed by atoms with van der Waals surface area (Å²) in [5, 5.41) is 3.07. The lowest BCUT2D eigenvalue weighted by atomic mass is 9.97. The fraction of sp³-hybridized carbons (Fsp3) is 0.136. The molecule has 0 bridgehead atoms. The van der Waals surface area contributed by atoms with E-state index in [0.29, 0.717) is 22.8 Å². The molecular formula is C22H21ClN2O3S. The lowest BCUT2D eigenvalue weighted by molar-refractivity contribution is -0.116. The Balaban J connectivity index is 1.70. The molecule has 1 atom stereocenters. The van der Waals surface area contributed by atoms with E-state index in [2.05, 4.69) is 10.0 Å². The summed E-state index contributed by atoms with van der Waals surface area (Å²) in [7, 11) is -3.85. The molecule has 7 heteroatoms. The van der Waals surface area contributed by atoms with Crippen LogP contribution in [0, 0.1) is 0 Å². The number of hydrogen-bond acceptors (Lipinski definition) is 3. The second kappa shape index (κ2) is 9.11. The number of para-hydroxylation sites is 1. The first kappa shape index (κ1) is 20.9. The van der Waals surface area contributed by atoms with Crippen molar-refractivity contribution in [1.82, 2.24) is 0 Å². The van der Waals surface area contributed by atoms with Crippen LogP contribution in [0.2, 0.25) is 5.02 Å². The Morgan fingerprint density at radius 2 is 1.66 bits per heavy atom. The van der Waals surface area contributed by atoms with Crippen LogP contribution in [0.4, 0.5) is 11.4 Å². The van der Waals surface area contributed by atoms with Gasteiger partial charge < -0.3 is 5.32 Å². The smallest absolute Gasteiger partial charge is 0.262 e. The molecule has 0 saturated heterocycles. The number of carbonyl (C=O) groups excluding carboxylic acids is 1. The molecule has 3 aromatic carbocycles. The predicted octanol–water partition coefficient (Wildman–Crippen LogP) is 5.27. The van der Waals surface area contributed by atoms with Gasteiger partial charge in [0.25, 0.3) is 10.0 Å². The molecule has 1 amide bonds. The summed E-state index contributed by atoms with van der Waals surface area (Å²) in [5.41, 5.74) is 1.78. The van der Waals surface area contributed by atoms with Gasteiger partial charge in [-0.3, -0.25) is 9.52 Å². The maximum absolute atomic E-state index is 12.7. The van der Waals surface area contributed by atoms with Crippen LogP contribution in [0.3, 0.4) is 0 Å². The third kappa shape index (κ3) is 5.59. The maximum Gasteiger partial charge on any atom is 0.262 e. The second-order valence-corrected chi connectivity index (χ2v) is 8.77. The molecule has 2 N–H and O–H groups in total. The molecule has 29 heavy (non-hydrogen) atoms. The summed E-state index contributed by atoms with van der Waals surface area (Å²) < 4.78 is 27.8. The molecule has 5 nitrogen and oxygen atoms in total. The molecule has 0 aliphatic carbocycles. The fourth-order valence-electron chi connectivity index (χ4n) is 2.88. The predicted molar refractivity (Wildman–Crippen MR) is 117 cm³/mol. The van der Waals surface area contributed by atoms with E-state index in [9.17, 15) is 13.2 Å². The van der Waals surface area contributed by atoms with Crippen LogP contribution in [0.1, 0.15) is 24.8 Å². The molecule has 1 unspecified atom stereocenters. The molecule has 0 radical (unpaired) electrons. The number of nitrogens with one attached hydrogen (secondary N) is 2. The average molecular weight is 429 g/mol. The Hall–Kier alpha value is -2.83. The molecule has 0 aromatic heterocycles. The summed E-state index contributed by atoms with van der Waals surface area (Å²) in [6, 6.07) is 22.5. The zero-order valence-corrected chi connectivity index (χ0v) is 17.4. The zero-order valence-electron chi connectivity index (χ0n) is 15.8. The van der Waals surface area contributed by atoms with Gasteiger partial charge in [0, 0.05) is 12.1 Å². The van der Waals surface area contributed by atoms with E-state index >= 15 is 0 Å². The van der Waals surface area contributed by atoms with Crippen LogP contribution in [0.5, 0.6) is 0 Å². The van der Waals surface area contributed by atoms with Crippen molar-refractivity contribution in [3.63, 3.8) is 0 Å². The van der Waals surface area contributed by atoms with Crippen molar-refractivity contribution in [3.8, 4) is 0 Å². The van der Waals surface area contributed by atoms with Gasteiger partial charge in [0.15, 0.2) is 0 Å². The number of carbonyl (C=O) groups is 1. The van der Waals surface area contributed by atoms with E-state index in [1.165, 1.54) is 12.1 Å². The van der Waals surface area contributed by atoms with E-state index in [1.54, 1.807) is 36.4 Å². The van der Waals surface area contributed by atoms with Crippen LogP contribution in [-0.2, 0) is 14.8 Å². The second-order valence-electron chi connectivity index (χ2n) is 6.68. The normalized spacial score (nSPS) is 12.2. The number of rotatable bonds is 7. The van der Waals surface area contributed by atoms with E-state index < -0.39 is 10.0 Å². The molecule has 3 aromatic rings. The number of hydrogen-bond donors (Lipinski definition) is 2. The molecule has 0 aliphatic heterocycles.